The minimum absolute atomic E-state index is 0.110. The first kappa shape index (κ1) is 10.2. The predicted molar refractivity (Wildman–Crippen MR) is 48.5 cm³/mol. The lowest BCUT2D eigenvalue weighted by atomic mass is 10.4. The summed E-state index contributed by atoms with van der Waals surface area (Å²) in [6, 6.07) is 1.15. The Labute approximate surface area is 79.1 Å². The van der Waals surface area contributed by atoms with Crippen LogP contribution in [0, 0.1) is 6.92 Å². The molecule has 0 bridgehead atoms. The number of aromatic amines is 1. The summed E-state index contributed by atoms with van der Waals surface area (Å²) < 4.78 is 4.95. The molecule has 0 aliphatic rings. The minimum atomic E-state index is -0.959. The number of H-pyrrole nitrogens is 1. The zero-order chi connectivity index (χ0) is 10.7. The fraction of sp³-hybridized carbons (Fsp3) is 0.375. The van der Waals surface area contributed by atoms with Gasteiger partial charge in [0, 0.05) is 11.8 Å². The summed E-state index contributed by atoms with van der Waals surface area (Å²) in [5.74, 6) is 0. The Kier molecular flexibility index (Phi) is 2.85. The molecule has 0 fully saturated rings. The molecule has 0 radical (unpaired) electrons. The summed E-state index contributed by atoms with van der Waals surface area (Å²) in [5.41, 5.74) is -1.07. The standard InChI is InChI=1S/C8H10N2O4/c1-3-14-8(13)10-6(11)4-5(2)9-7(10)12/h4H,3H2,1-2H3,(H,9,12). The molecule has 6 nitrogen and oxygen atoms in total. The largest absolute Gasteiger partial charge is 0.449 e. The lowest BCUT2D eigenvalue weighted by molar-refractivity contribution is 0.151. The van der Waals surface area contributed by atoms with E-state index in [9.17, 15) is 14.4 Å². The molecule has 0 unspecified atom stereocenters. The van der Waals surface area contributed by atoms with Crippen LogP contribution in [0.15, 0.2) is 15.7 Å². The molecule has 1 aromatic heterocycles. The molecule has 0 aliphatic carbocycles. The van der Waals surface area contributed by atoms with E-state index in [1.165, 1.54) is 0 Å². The van der Waals surface area contributed by atoms with Gasteiger partial charge >= 0.3 is 11.8 Å². The van der Waals surface area contributed by atoms with Gasteiger partial charge in [-0.05, 0) is 13.8 Å². The van der Waals surface area contributed by atoms with Gasteiger partial charge in [-0.1, -0.05) is 0 Å². The number of carbonyl (C=O) groups is 1. The maximum absolute atomic E-state index is 11.2. The van der Waals surface area contributed by atoms with Crippen LogP contribution < -0.4 is 11.2 Å². The maximum Gasteiger partial charge on any atom is 0.425 e. The van der Waals surface area contributed by atoms with Crippen LogP contribution in [0.4, 0.5) is 4.79 Å². The molecule has 0 spiro atoms. The highest BCUT2D eigenvalue weighted by Gasteiger charge is 2.11. The number of ether oxygens (including phenoxy) is 1. The van der Waals surface area contributed by atoms with Crippen LogP contribution in [0.5, 0.6) is 0 Å². The zero-order valence-electron chi connectivity index (χ0n) is 7.86. The quantitative estimate of drug-likeness (QED) is 0.680. The van der Waals surface area contributed by atoms with Crippen molar-refractivity contribution in [2.24, 2.45) is 0 Å². The lowest BCUT2D eigenvalue weighted by Crippen LogP contribution is -2.40. The van der Waals surface area contributed by atoms with Crippen molar-refractivity contribution in [3.05, 3.63) is 32.6 Å². The molecule has 14 heavy (non-hydrogen) atoms. The lowest BCUT2D eigenvalue weighted by Gasteiger charge is -2.02. The molecule has 0 saturated carbocycles. The van der Waals surface area contributed by atoms with Gasteiger partial charge in [0.05, 0.1) is 6.61 Å². The highest BCUT2D eigenvalue weighted by molar-refractivity contribution is 5.69. The van der Waals surface area contributed by atoms with Crippen LogP contribution in [0.1, 0.15) is 12.6 Å². The number of carbonyl (C=O) groups excluding carboxylic acids is 1. The average Bonchev–Trinajstić information content (AvgIpc) is 2.01. The summed E-state index contributed by atoms with van der Waals surface area (Å²) >= 11 is 0. The summed E-state index contributed by atoms with van der Waals surface area (Å²) in [4.78, 5) is 35.8. The van der Waals surface area contributed by atoms with Crippen molar-refractivity contribution in [1.29, 1.82) is 0 Å². The third kappa shape index (κ3) is 1.90. The Morgan fingerprint density at radius 2 is 2.21 bits per heavy atom. The summed E-state index contributed by atoms with van der Waals surface area (Å²) in [6.07, 6.45) is -0.959. The Morgan fingerprint density at radius 1 is 1.57 bits per heavy atom. The molecule has 1 aromatic rings. The Balaban J connectivity index is 3.29. The smallest absolute Gasteiger partial charge is 0.425 e. The number of rotatable bonds is 1. The number of hydrogen-bond acceptors (Lipinski definition) is 4. The molecule has 0 aliphatic heterocycles. The zero-order valence-corrected chi connectivity index (χ0v) is 7.86. The van der Waals surface area contributed by atoms with Crippen molar-refractivity contribution in [3.8, 4) is 0 Å². The topological polar surface area (TPSA) is 81.2 Å². The molecule has 0 saturated heterocycles. The third-order valence-electron chi connectivity index (χ3n) is 1.52. The van der Waals surface area contributed by atoms with Gasteiger partial charge in [0.15, 0.2) is 0 Å². The molecule has 1 heterocycles. The van der Waals surface area contributed by atoms with Crippen LogP contribution in [-0.2, 0) is 4.74 Å². The van der Waals surface area contributed by atoms with Crippen LogP contribution >= 0.6 is 0 Å². The van der Waals surface area contributed by atoms with Crippen LogP contribution in [-0.4, -0.2) is 22.3 Å². The van der Waals surface area contributed by atoms with E-state index >= 15 is 0 Å². The first-order chi connectivity index (χ1) is 6.56. The number of aryl methyl sites for hydroxylation is 1. The van der Waals surface area contributed by atoms with E-state index in [1.807, 2.05) is 0 Å². The summed E-state index contributed by atoms with van der Waals surface area (Å²) in [7, 11) is 0. The van der Waals surface area contributed by atoms with Crippen LogP contribution in [0.25, 0.3) is 0 Å². The summed E-state index contributed by atoms with van der Waals surface area (Å²) in [5, 5.41) is 0. The average molecular weight is 198 g/mol. The number of hydrogen-bond donors (Lipinski definition) is 1. The van der Waals surface area contributed by atoms with Crippen molar-refractivity contribution < 1.29 is 9.53 Å². The van der Waals surface area contributed by atoms with Crippen molar-refractivity contribution in [2.75, 3.05) is 6.61 Å². The third-order valence-corrected chi connectivity index (χ3v) is 1.52. The van der Waals surface area contributed by atoms with Gasteiger partial charge in [0.25, 0.3) is 5.56 Å². The molecule has 1 rings (SSSR count). The highest BCUT2D eigenvalue weighted by Crippen LogP contribution is 1.83. The van der Waals surface area contributed by atoms with Gasteiger partial charge in [-0.25, -0.2) is 9.59 Å². The van der Waals surface area contributed by atoms with E-state index in [0.717, 1.165) is 6.07 Å². The Hall–Kier alpha value is -1.85. The molecule has 76 valence electrons. The van der Waals surface area contributed by atoms with Crippen molar-refractivity contribution in [3.63, 3.8) is 0 Å². The fourth-order valence-corrected chi connectivity index (χ4v) is 0.971. The van der Waals surface area contributed by atoms with Gasteiger partial charge in [-0.15, -0.1) is 0 Å². The number of aromatic nitrogens is 2. The monoisotopic (exact) mass is 198 g/mol. The highest BCUT2D eigenvalue weighted by atomic mass is 16.5. The van der Waals surface area contributed by atoms with Gasteiger partial charge in [-0.3, -0.25) is 4.79 Å². The Morgan fingerprint density at radius 3 is 2.71 bits per heavy atom. The van der Waals surface area contributed by atoms with E-state index in [-0.39, 0.29) is 6.61 Å². The van der Waals surface area contributed by atoms with Gasteiger partial charge in [-0.2, -0.15) is 4.57 Å². The second-order valence-corrected chi connectivity index (χ2v) is 2.63. The summed E-state index contributed by atoms with van der Waals surface area (Å²) in [6.45, 7) is 3.25. The van der Waals surface area contributed by atoms with Crippen molar-refractivity contribution in [2.45, 2.75) is 13.8 Å². The molecule has 0 aromatic carbocycles. The first-order valence-electron chi connectivity index (χ1n) is 4.06. The number of nitrogens with zero attached hydrogens (tertiary/aromatic N) is 1. The van der Waals surface area contributed by atoms with Gasteiger partial charge < -0.3 is 9.72 Å². The maximum atomic E-state index is 11.2. The van der Waals surface area contributed by atoms with E-state index in [1.54, 1.807) is 13.8 Å². The molecule has 1 N–H and O–H groups in total. The van der Waals surface area contributed by atoms with Gasteiger partial charge in [0.1, 0.15) is 0 Å². The molecular weight excluding hydrogens is 188 g/mol. The second-order valence-electron chi connectivity index (χ2n) is 2.63. The molecular formula is C8H10N2O4. The van der Waals surface area contributed by atoms with Gasteiger partial charge in [0.2, 0.25) is 0 Å². The fourth-order valence-electron chi connectivity index (χ4n) is 0.971. The van der Waals surface area contributed by atoms with Crippen molar-refractivity contribution >= 4 is 6.09 Å². The van der Waals surface area contributed by atoms with E-state index in [4.69, 9.17) is 0 Å². The first-order valence-corrected chi connectivity index (χ1v) is 4.06. The van der Waals surface area contributed by atoms with Crippen molar-refractivity contribution in [1.82, 2.24) is 9.55 Å². The normalized spacial score (nSPS) is 9.86. The molecule has 6 heteroatoms. The van der Waals surface area contributed by atoms with Crippen LogP contribution in [0.3, 0.4) is 0 Å². The Bertz CT molecular complexity index is 426. The number of nitrogens with one attached hydrogen (secondary N) is 1. The van der Waals surface area contributed by atoms with E-state index in [0.29, 0.717) is 10.3 Å². The predicted octanol–water partition coefficient (Wildman–Crippen LogP) is -0.150. The molecule has 0 atom stereocenters. The minimum Gasteiger partial charge on any atom is -0.449 e. The van der Waals surface area contributed by atoms with E-state index < -0.39 is 17.3 Å². The second kappa shape index (κ2) is 3.91. The SMILES string of the molecule is CCOC(=O)n1c(=O)cc(C)[nH]c1=O. The van der Waals surface area contributed by atoms with Crippen LogP contribution in [0.2, 0.25) is 0 Å². The van der Waals surface area contributed by atoms with E-state index in [2.05, 4.69) is 9.72 Å². The molecule has 0 amide bonds.